The fraction of sp³-hybridized carbons (Fsp3) is 0. The van der Waals surface area contributed by atoms with Crippen molar-refractivity contribution in [2.45, 2.75) is 0 Å². The Kier molecular flexibility index (Phi) is 4.47. The molecule has 0 saturated carbocycles. The summed E-state index contributed by atoms with van der Waals surface area (Å²) < 4.78 is 0.605. The quantitative estimate of drug-likeness (QED) is 0.657. The zero-order chi connectivity index (χ0) is 16.3. The number of halogens is 1. The Labute approximate surface area is 132 Å². The van der Waals surface area contributed by atoms with Gasteiger partial charge in [0.25, 0.3) is 17.3 Å². The zero-order valence-electron chi connectivity index (χ0n) is 10.9. The molecule has 0 aliphatic heterocycles. The lowest BCUT2D eigenvalue weighted by molar-refractivity contribution is -0.394. The summed E-state index contributed by atoms with van der Waals surface area (Å²) in [6.45, 7) is 0. The number of amides is 1. The Morgan fingerprint density at radius 3 is 2.32 bits per heavy atom. The van der Waals surface area contributed by atoms with Crippen LogP contribution >= 0.6 is 15.9 Å². The number of carbonyl (C=O) groups is 1. The lowest BCUT2D eigenvalue weighted by Gasteiger charge is -2.07. The van der Waals surface area contributed by atoms with E-state index in [9.17, 15) is 25.0 Å². The largest absolute Gasteiger partial charge is 0.321 e. The average Bonchev–Trinajstić information content (AvgIpc) is 2.48. The summed E-state index contributed by atoms with van der Waals surface area (Å²) >= 11 is 3.24. The third-order valence-corrected chi connectivity index (χ3v) is 3.45. The molecule has 0 aliphatic carbocycles. The van der Waals surface area contributed by atoms with Gasteiger partial charge in [0.1, 0.15) is 5.56 Å². The van der Waals surface area contributed by atoms with Gasteiger partial charge in [0.2, 0.25) is 0 Å². The molecule has 0 saturated heterocycles. The van der Waals surface area contributed by atoms with Gasteiger partial charge in [0.15, 0.2) is 0 Å². The molecular weight excluding hydrogens is 358 g/mol. The fourth-order valence-electron chi connectivity index (χ4n) is 1.73. The maximum atomic E-state index is 12.2. The van der Waals surface area contributed by atoms with Crippen molar-refractivity contribution in [2.24, 2.45) is 0 Å². The molecule has 0 radical (unpaired) electrons. The van der Waals surface area contributed by atoms with Crippen LogP contribution in [0, 0.1) is 20.2 Å². The molecule has 9 heteroatoms. The van der Waals surface area contributed by atoms with E-state index in [1.54, 1.807) is 24.3 Å². The first kappa shape index (κ1) is 15.6. The topological polar surface area (TPSA) is 115 Å². The zero-order valence-corrected chi connectivity index (χ0v) is 12.4. The van der Waals surface area contributed by atoms with E-state index in [4.69, 9.17) is 0 Å². The van der Waals surface area contributed by atoms with Gasteiger partial charge in [0.05, 0.1) is 21.6 Å². The van der Waals surface area contributed by atoms with Gasteiger partial charge >= 0.3 is 0 Å². The van der Waals surface area contributed by atoms with Gasteiger partial charge in [0, 0.05) is 10.5 Å². The summed E-state index contributed by atoms with van der Waals surface area (Å²) in [6.07, 6.45) is 0. The normalized spacial score (nSPS) is 10.0. The smallest absolute Gasteiger partial charge is 0.289 e. The minimum Gasteiger partial charge on any atom is -0.321 e. The van der Waals surface area contributed by atoms with Crippen LogP contribution in [0.4, 0.5) is 17.1 Å². The first-order chi connectivity index (χ1) is 10.4. The second-order valence-electron chi connectivity index (χ2n) is 4.15. The molecule has 2 aromatic rings. The molecule has 2 aromatic carbocycles. The highest BCUT2D eigenvalue weighted by atomic mass is 79.9. The van der Waals surface area contributed by atoms with E-state index in [-0.39, 0.29) is 5.56 Å². The molecule has 0 spiro atoms. The Morgan fingerprint density at radius 2 is 1.73 bits per heavy atom. The number of nitro groups is 2. The van der Waals surface area contributed by atoms with Crippen molar-refractivity contribution in [1.29, 1.82) is 0 Å². The standard InChI is InChI=1S/C13H8BrN3O5/c14-10-3-1-2-4-11(10)15-13(18)9-6-5-8(16(19)20)7-12(9)17(21)22/h1-7H,(H,15,18). The second kappa shape index (κ2) is 6.31. The highest BCUT2D eigenvalue weighted by molar-refractivity contribution is 9.10. The molecule has 8 nitrogen and oxygen atoms in total. The maximum absolute atomic E-state index is 12.2. The molecule has 112 valence electrons. The van der Waals surface area contributed by atoms with E-state index in [1.807, 2.05) is 0 Å². The summed E-state index contributed by atoms with van der Waals surface area (Å²) in [6, 6.07) is 9.59. The second-order valence-corrected chi connectivity index (χ2v) is 5.00. The Hall–Kier alpha value is -2.81. The minimum absolute atomic E-state index is 0.258. The summed E-state index contributed by atoms with van der Waals surface area (Å²) in [5.74, 6) is -0.728. The van der Waals surface area contributed by atoms with Crippen LogP contribution in [0.1, 0.15) is 10.4 Å². The third-order valence-electron chi connectivity index (χ3n) is 2.76. The van der Waals surface area contributed by atoms with E-state index in [0.717, 1.165) is 18.2 Å². The molecule has 0 aliphatic rings. The predicted molar refractivity (Wildman–Crippen MR) is 81.8 cm³/mol. The molecular formula is C13H8BrN3O5. The van der Waals surface area contributed by atoms with Gasteiger partial charge in [-0.3, -0.25) is 25.0 Å². The van der Waals surface area contributed by atoms with Crippen LogP contribution in [0.15, 0.2) is 46.9 Å². The Balaban J connectivity index is 2.39. The van der Waals surface area contributed by atoms with E-state index in [0.29, 0.717) is 10.2 Å². The molecule has 0 bridgehead atoms. The van der Waals surface area contributed by atoms with Crippen molar-refractivity contribution >= 4 is 38.9 Å². The Morgan fingerprint density at radius 1 is 1.05 bits per heavy atom. The summed E-state index contributed by atoms with van der Waals surface area (Å²) in [5.41, 5.74) is -0.908. The van der Waals surface area contributed by atoms with Crippen LogP contribution in [0.3, 0.4) is 0 Å². The molecule has 2 rings (SSSR count). The van der Waals surface area contributed by atoms with Crippen molar-refractivity contribution in [1.82, 2.24) is 0 Å². The van der Waals surface area contributed by atoms with E-state index < -0.39 is 27.1 Å². The number of hydrogen-bond donors (Lipinski definition) is 1. The number of benzene rings is 2. The Bertz CT molecular complexity index is 778. The number of rotatable bonds is 4. The number of non-ortho nitro benzene ring substituents is 1. The summed E-state index contributed by atoms with van der Waals surface area (Å²) in [5, 5.41) is 24.2. The van der Waals surface area contributed by atoms with Crippen molar-refractivity contribution < 1.29 is 14.6 Å². The van der Waals surface area contributed by atoms with Crippen molar-refractivity contribution in [3.8, 4) is 0 Å². The first-order valence-electron chi connectivity index (χ1n) is 5.89. The predicted octanol–water partition coefficient (Wildman–Crippen LogP) is 3.52. The SMILES string of the molecule is O=C(Nc1ccccc1Br)c1ccc([N+](=O)[O-])cc1[N+](=O)[O-]. The molecule has 0 fully saturated rings. The van der Waals surface area contributed by atoms with Gasteiger partial charge in [-0.25, -0.2) is 0 Å². The van der Waals surface area contributed by atoms with Gasteiger partial charge in [-0.1, -0.05) is 12.1 Å². The van der Waals surface area contributed by atoms with E-state index >= 15 is 0 Å². The number of nitro benzene ring substituents is 2. The van der Waals surface area contributed by atoms with Crippen LogP contribution in [-0.4, -0.2) is 15.8 Å². The monoisotopic (exact) mass is 365 g/mol. The lowest BCUT2D eigenvalue weighted by Crippen LogP contribution is -2.14. The molecule has 0 heterocycles. The van der Waals surface area contributed by atoms with Crippen LogP contribution in [-0.2, 0) is 0 Å². The van der Waals surface area contributed by atoms with Crippen molar-refractivity contribution in [2.75, 3.05) is 5.32 Å². The lowest BCUT2D eigenvalue weighted by atomic mass is 10.1. The van der Waals surface area contributed by atoms with Crippen molar-refractivity contribution in [3.05, 3.63) is 72.7 Å². The fourth-order valence-corrected chi connectivity index (χ4v) is 2.11. The summed E-state index contributed by atoms with van der Waals surface area (Å²) in [7, 11) is 0. The number of hydrogen-bond acceptors (Lipinski definition) is 5. The minimum atomic E-state index is -0.831. The van der Waals surface area contributed by atoms with Crippen LogP contribution < -0.4 is 5.32 Å². The summed E-state index contributed by atoms with van der Waals surface area (Å²) in [4.78, 5) is 32.3. The third kappa shape index (κ3) is 3.26. The molecule has 1 amide bonds. The molecule has 22 heavy (non-hydrogen) atoms. The number of nitrogens with one attached hydrogen (secondary N) is 1. The number of para-hydroxylation sites is 1. The maximum Gasteiger partial charge on any atom is 0.289 e. The van der Waals surface area contributed by atoms with Crippen LogP contribution in [0.2, 0.25) is 0 Å². The number of nitrogens with zero attached hydrogens (tertiary/aromatic N) is 2. The molecule has 0 atom stereocenters. The molecule has 0 aromatic heterocycles. The highest BCUT2D eigenvalue weighted by Gasteiger charge is 2.24. The van der Waals surface area contributed by atoms with Crippen molar-refractivity contribution in [3.63, 3.8) is 0 Å². The van der Waals surface area contributed by atoms with Crippen LogP contribution in [0.25, 0.3) is 0 Å². The van der Waals surface area contributed by atoms with Gasteiger partial charge in [-0.05, 0) is 34.1 Å². The molecule has 0 unspecified atom stereocenters. The first-order valence-corrected chi connectivity index (χ1v) is 6.68. The van der Waals surface area contributed by atoms with E-state index in [1.165, 1.54) is 0 Å². The number of anilines is 1. The van der Waals surface area contributed by atoms with Gasteiger partial charge in [-0.2, -0.15) is 0 Å². The van der Waals surface area contributed by atoms with Gasteiger partial charge in [-0.15, -0.1) is 0 Å². The van der Waals surface area contributed by atoms with Gasteiger partial charge < -0.3 is 5.32 Å². The number of carbonyl (C=O) groups excluding carboxylic acids is 1. The van der Waals surface area contributed by atoms with Crippen LogP contribution in [0.5, 0.6) is 0 Å². The average molecular weight is 366 g/mol. The van der Waals surface area contributed by atoms with E-state index in [2.05, 4.69) is 21.2 Å². The highest BCUT2D eigenvalue weighted by Crippen LogP contribution is 2.27. The molecule has 1 N–H and O–H groups in total.